The molecular weight excluding hydrogens is 344 g/mol. The summed E-state index contributed by atoms with van der Waals surface area (Å²) in [7, 11) is 0. The minimum atomic E-state index is -0.149. The molecule has 1 aliphatic rings. The van der Waals surface area contributed by atoms with Crippen LogP contribution in [0.3, 0.4) is 0 Å². The molecule has 1 aromatic heterocycles. The first-order valence-corrected chi connectivity index (χ1v) is 9.26. The molecule has 0 saturated carbocycles. The van der Waals surface area contributed by atoms with E-state index in [1.807, 2.05) is 12.1 Å². The van der Waals surface area contributed by atoms with Gasteiger partial charge in [0.2, 0.25) is 0 Å². The monoisotopic (exact) mass is 368 g/mol. The van der Waals surface area contributed by atoms with Crippen molar-refractivity contribution in [2.24, 2.45) is 0 Å². The van der Waals surface area contributed by atoms with E-state index in [4.69, 9.17) is 4.74 Å². The number of hydrogen-bond acceptors (Lipinski definition) is 5. The molecule has 0 bridgehead atoms. The Bertz CT molecular complexity index is 757. The zero-order valence-corrected chi connectivity index (χ0v) is 15.5. The fourth-order valence-corrected chi connectivity index (χ4v) is 2.89. The number of hydrogen-bond donors (Lipinski definition) is 0. The first-order valence-electron chi connectivity index (χ1n) is 9.26. The van der Waals surface area contributed by atoms with Gasteiger partial charge < -0.3 is 14.5 Å². The molecule has 0 spiro atoms. The van der Waals surface area contributed by atoms with Gasteiger partial charge in [-0.05, 0) is 30.7 Å². The summed E-state index contributed by atoms with van der Waals surface area (Å²) in [6, 6.07) is 7.24. The number of aromatic nitrogens is 2. The van der Waals surface area contributed by atoms with Crippen LogP contribution in [0.15, 0.2) is 42.9 Å². The van der Waals surface area contributed by atoms with Gasteiger partial charge in [0.1, 0.15) is 11.4 Å². The van der Waals surface area contributed by atoms with E-state index in [0.717, 1.165) is 18.6 Å². The van der Waals surface area contributed by atoms with E-state index in [9.17, 15) is 9.59 Å². The molecule has 0 N–H and O–H groups in total. The highest BCUT2D eigenvalue weighted by Gasteiger charge is 2.26. The van der Waals surface area contributed by atoms with Gasteiger partial charge in [-0.1, -0.05) is 13.3 Å². The van der Waals surface area contributed by atoms with Crippen LogP contribution in [0.5, 0.6) is 5.75 Å². The molecule has 27 heavy (non-hydrogen) atoms. The molecular formula is C20H24N4O3. The quantitative estimate of drug-likeness (QED) is 0.731. The summed E-state index contributed by atoms with van der Waals surface area (Å²) < 4.78 is 5.63. The van der Waals surface area contributed by atoms with Crippen molar-refractivity contribution in [3.05, 3.63) is 54.1 Å². The first-order chi connectivity index (χ1) is 13.2. The molecule has 7 nitrogen and oxygen atoms in total. The number of carbonyl (C=O) groups is 2. The van der Waals surface area contributed by atoms with Gasteiger partial charge in [0.15, 0.2) is 0 Å². The van der Waals surface area contributed by atoms with Crippen molar-refractivity contribution in [2.75, 3.05) is 32.8 Å². The van der Waals surface area contributed by atoms with Gasteiger partial charge >= 0.3 is 0 Å². The van der Waals surface area contributed by atoms with Crippen molar-refractivity contribution in [1.82, 2.24) is 19.8 Å². The molecule has 2 aromatic rings. The van der Waals surface area contributed by atoms with Crippen molar-refractivity contribution < 1.29 is 14.3 Å². The van der Waals surface area contributed by atoms with E-state index in [2.05, 4.69) is 16.9 Å². The van der Waals surface area contributed by atoms with E-state index in [-0.39, 0.29) is 11.8 Å². The van der Waals surface area contributed by atoms with Crippen LogP contribution in [0.1, 0.15) is 40.6 Å². The lowest BCUT2D eigenvalue weighted by molar-refractivity contribution is 0.0532. The van der Waals surface area contributed by atoms with E-state index in [1.54, 1.807) is 21.9 Å². The van der Waals surface area contributed by atoms with Crippen LogP contribution in [0.2, 0.25) is 0 Å². The number of amides is 2. The predicted octanol–water partition coefficient (Wildman–Crippen LogP) is 2.25. The summed E-state index contributed by atoms with van der Waals surface area (Å²) in [5.41, 5.74) is 0.961. The number of piperazine rings is 1. The van der Waals surface area contributed by atoms with Gasteiger partial charge in [-0.2, -0.15) is 0 Å². The van der Waals surface area contributed by atoms with Crippen molar-refractivity contribution in [1.29, 1.82) is 0 Å². The SMILES string of the molecule is CCCCOc1ccc(C(=O)N2CCN(C(=O)c3cnccn3)CC2)cc1. The molecule has 3 rings (SSSR count). The van der Waals surface area contributed by atoms with E-state index in [1.165, 1.54) is 18.6 Å². The molecule has 2 heterocycles. The Morgan fingerprint density at radius 2 is 1.67 bits per heavy atom. The van der Waals surface area contributed by atoms with Crippen molar-refractivity contribution in [3.8, 4) is 5.75 Å². The third-order valence-corrected chi connectivity index (χ3v) is 4.50. The third-order valence-electron chi connectivity index (χ3n) is 4.50. The normalized spacial score (nSPS) is 14.1. The summed E-state index contributed by atoms with van der Waals surface area (Å²) >= 11 is 0. The second-order valence-electron chi connectivity index (χ2n) is 6.40. The maximum atomic E-state index is 12.7. The molecule has 0 aliphatic carbocycles. The highest BCUT2D eigenvalue weighted by atomic mass is 16.5. The Labute approximate surface area is 159 Å². The predicted molar refractivity (Wildman–Crippen MR) is 101 cm³/mol. The van der Waals surface area contributed by atoms with Gasteiger partial charge in [-0.15, -0.1) is 0 Å². The van der Waals surface area contributed by atoms with Crippen LogP contribution in [0, 0.1) is 0 Å². The number of ether oxygens (including phenoxy) is 1. The average Bonchev–Trinajstić information content (AvgIpc) is 2.74. The van der Waals surface area contributed by atoms with Crippen LogP contribution in [-0.2, 0) is 0 Å². The molecule has 1 aliphatic heterocycles. The highest BCUT2D eigenvalue weighted by molar-refractivity contribution is 5.95. The molecule has 1 aromatic carbocycles. The van der Waals surface area contributed by atoms with Crippen LogP contribution in [0.25, 0.3) is 0 Å². The number of carbonyl (C=O) groups excluding carboxylic acids is 2. The summed E-state index contributed by atoms with van der Waals surface area (Å²) in [5.74, 6) is 0.602. The molecule has 7 heteroatoms. The minimum Gasteiger partial charge on any atom is -0.494 e. The number of unbranched alkanes of at least 4 members (excludes halogenated alkanes) is 1. The largest absolute Gasteiger partial charge is 0.494 e. The molecule has 2 amide bonds. The van der Waals surface area contributed by atoms with Crippen molar-refractivity contribution >= 4 is 11.8 Å². The Kier molecular flexibility index (Phi) is 6.35. The summed E-state index contributed by atoms with van der Waals surface area (Å²) in [6.07, 6.45) is 6.60. The van der Waals surface area contributed by atoms with Crippen molar-refractivity contribution in [3.63, 3.8) is 0 Å². The summed E-state index contributed by atoms with van der Waals surface area (Å²) in [6.45, 7) is 4.77. The highest BCUT2D eigenvalue weighted by Crippen LogP contribution is 2.16. The topological polar surface area (TPSA) is 75.6 Å². The summed E-state index contributed by atoms with van der Waals surface area (Å²) in [5, 5.41) is 0. The number of rotatable bonds is 6. The van der Waals surface area contributed by atoms with E-state index < -0.39 is 0 Å². The lowest BCUT2D eigenvalue weighted by Gasteiger charge is -2.34. The molecule has 0 radical (unpaired) electrons. The van der Waals surface area contributed by atoms with Gasteiger partial charge in [0, 0.05) is 44.1 Å². The zero-order valence-electron chi connectivity index (χ0n) is 15.5. The number of nitrogens with zero attached hydrogens (tertiary/aromatic N) is 4. The van der Waals surface area contributed by atoms with Crippen LogP contribution < -0.4 is 4.74 Å². The molecule has 0 atom stereocenters. The maximum Gasteiger partial charge on any atom is 0.274 e. The van der Waals surface area contributed by atoms with Gasteiger partial charge in [-0.3, -0.25) is 14.6 Å². The molecule has 142 valence electrons. The Hall–Kier alpha value is -2.96. The first kappa shape index (κ1) is 18.8. The Balaban J connectivity index is 1.53. The standard InChI is InChI=1S/C20H24N4O3/c1-2-3-14-27-17-6-4-16(5-7-17)19(25)23-10-12-24(13-11-23)20(26)18-15-21-8-9-22-18/h4-9,15H,2-3,10-14H2,1H3. The fourth-order valence-electron chi connectivity index (χ4n) is 2.89. The van der Waals surface area contributed by atoms with E-state index in [0.29, 0.717) is 44.0 Å². The van der Waals surface area contributed by atoms with Gasteiger partial charge in [0.05, 0.1) is 12.8 Å². The van der Waals surface area contributed by atoms with Gasteiger partial charge in [0.25, 0.3) is 11.8 Å². The third kappa shape index (κ3) is 4.81. The second kappa shape index (κ2) is 9.12. The van der Waals surface area contributed by atoms with Crippen LogP contribution in [0.4, 0.5) is 0 Å². The number of benzene rings is 1. The smallest absolute Gasteiger partial charge is 0.274 e. The summed E-state index contributed by atoms with van der Waals surface area (Å²) in [4.78, 5) is 36.5. The lowest BCUT2D eigenvalue weighted by atomic mass is 10.1. The van der Waals surface area contributed by atoms with Gasteiger partial charge in [-0.25, -0.2) is 4.98 Å². The zero-order chi connectivity index (χ0) is 19.1. The van der Waals surface area contributed by atoms with E-state index >= 15 is 0 Å². The van der Waals surface area contributed by atoms with Crippen LogP contribution in [-0.4, -0.2) is 64.4 Å². The average molecular weight is 368 g/mol. The van der Waals surface area contributed by atoms with Crippen molar-refractivity contribution in [2.45, 2.75) is 19.8 Å². The molecule has 1 fully saturated rings. The Morgan fingerprint density at radius 1 is 1.00 bits per heavy atom. The van der Waals surface area contributed by atoms with Crippen LogP contribution >= 0.6 is 0 Å². The fraction of sp³-hybridized carbons (Fsp3) is 0.400. The molecule has 0 unspecified atom stereocenters. The Morgan fingerprint density at radius 3 is 2.26 bits per heavy atom. The maximum absolute atomic E-state index is 12.7. The minimum absolute atomic E-state index is 0.0262. The molecule has 1 saturated heterocycles. The lowest BCUT2D eigenvalue weighted by Crippen LogP contribution is -2.50. The second-order valence-corrected chi connectivity index (χ2v) is 6.40.